The second-order valence-electron chi connectivity index (χ2n) is 6.78. The van der Waals surface area contributed by atoms with Gasteiger partial charge in [-0.25, -0.2) is 10.6 Å². The number of nitrogen functional groups attached to an aromatic ring is 1. The Morgan fingerprint density at radius 3 is 2.55 bits per heavy atom. The number of carbonyl (C=O) groups excluding carboxylic acids is 2. The molecule has 0 atom stereocenters. The molecule has 0 spiro atoms. The van der Waals surface area contributed by atoms with Gasteiger partial charge < -0.3 is 9.80 Å². The fourth-order valence-electron chi connectivity index (χ4n) is 3.24. The molecule has 0 radical (unpaired) electrons. The van der Waals surface area contributed by atoms with Crippen LogP contribution < -0.4 is 16.2 Å². The van der Waals surface area contributed by atoms with Crippen LogP contribution in [-0.2, 0) is 6.54 Å². The number of hydrogen-bond acceptors (Lipinski definition) is 5. The first-order valence-electron chi connectivity index (χ1n) is 9.52. The van der Waals surface area contributed by atoms with Crippen LogP contribution in [0.15, 0.2) is 42.6 Å². The van der Waals surface area contributed by atoms with Gasteiger partial charge in [-0.05, 0) is 36.9 Å². The number of amides is 3. The van der Waals surface area contributed by atoms with Gasteiger partial charge in [0.15, 0.2) is 0 Å². The van der Waals surface area contributed by atoms with Crippen LogP contribution in [0.3, 0.4) is 0 Å². The minimum atomic E-state index is -0.416. The molecule has 29 heavy (non-hydrogen) atoms. The lowest BCUT2D eigenvalue weighted by Crippen LogP contribution is -2.52. The average Bonchev–Trinajstić information content (AvgIpc) is 2.77. The van der Waals surface area contributed by atoms with Gasteiger partial charge in [0.05, 0.1) is 17.8 Å². The Morgan fingerprint density at radius 2 is 1.97 bits per heavy atom. The SMILES string of the molecule is CCN1CCN(C(=O)N(Cc2ccc(C(=O)NN)cn2)c2cccc(Cl)c2)CC1. The van der Waals surface area contributed by atoms with Gasteiger partial charge in [-0.15, -0.1) is 0 Å². The molecule has 3 N–H and O–H groups in total. The lowest BCUT2D eigenvalue weighted by Gasteiger charge is -2.37. The van der Waals surface area contributed by atoms with E-state index >= 15 is 0 Å². The number of hydrazine groups is 1. The van der Waals surface area contributed by atoms with Crippen molar-refractivity contribution in [3.05, 3.63) is 58.9 Å². The highest BCUT2D eigenvalue weighted by Gasteiger charge is 2.26. The number of benzene rings is 1. The summed E-state index contributed by atoms with van der Waals surface area (Å²) in [5, 5.41) is 0.555. The van der Waals surface area contributed by atoms with Crippen LogP contribution in [0.1, 0.15) is 23.0 Å². The molecular formula is C20H25ClN6O2. The number of halogens is 1. The Kier molecular flexibility index (Phi) is 7.03. The normalized spacial score (nSPS) is 14.5. The molecule has 0 bridgehead atoms. The molecule has 3 amide bonds. The topological polar surface area (TPSA) is 94.8 Å². The number of nitrogens with two attached hydrogens (primary N) is 1. The molecule has 154 valence electrons. The highest BCUT2D eigenvalue weighted by molar-refractivity contribution is 6.30. The number of urea groups is 1. The van der Waals surface area contributed by atoms with E-state index in [1.807, 2.05) is 17.0 Å². The number of pyridine rings is 1. The third-order valence-corrected chi connectivity index (χ3v) is 5.21. The second-order valence-corrected chi connectivity index (χ2v) is 7.22. The Hall–Kier alpha value is -2.68. The van der Waals surface area contributed by atoms with Crippen LogP contribution in [0, 0.1) is 0 Å². The summed E-state index contributed by atoms with van der Waals surface area (Å²) in [5.41, 5.74) is 3.78. The van der Waals surface area contributed by atoms with E-state index in [0.717, 1.165) is 19.6 Å². The Bertz CT molecular complexity index is 852. The summed E-state index contributed by atoms with van der Waals surface area (Å²) in [5.74, 6) is 4.74. The predicted octanol–water partition coefficient (Wildman–Crippen LogP) is 2.10. The molecule has 3 rings (SSSR count). The summed E-state index contributed by atoms with van der Waals surface area (Å²) in [4.78, 5) is 35.1. The van der Waals surface area contributed by atoms with Crippen molar-refractivity contribution in [3.8, 4) is 0 Å². The van der Waals surface area contributed by atoms with E-state index in [1.54, 1.807) is 29.2 Å². The van der Waals surface area contributed by atoms with Crippen LogP contribution in [0.5, 0.6) is 0 Å². The van der Waals surface area contributed by atoms with Gasteiger partial charge in [-0.3, -0.25) is 20.1 Å². The van der Waals surface area contributed by atoms with Crippen LogP contribution in [-0.4, -0.2) is 59.4 Å². The summed E-state index contributed by atoms with van der Waals surface area (Å²) in [7, 11) is 0. The zero-order chi connectivity index (χ0) is 20.8. The van der Waals surface area contributed by atoms with E-state index in [4.69, 9.17) is 17.4 Å². The number of piperazine rings is 1. The smallest absolute Gasteiger partial charge is 0.322 e. The highest BCUT2D eigenvalue weighted by atomic mass is 35.5. The molecule has 1 aromatic heterocycles. The maximum atomic E-state index is 13.3. The van der Waals surface area contributed by atoms with Gasteiger partial charge >= 0.3 is 6.03 Å². The molecule has 2 heterocycles. The molecular weight excluding hydrogens is 392 g/mol. The van der Waals surface area contributed by atoms with E-state index in [1.165, 1.54) is 6.20 Å². The van der Waals surface area contributed by atoms with Gasteiger partial charge in [-0.2, -0.15) is 0 Å². The third kappa shape index (κ3) is 5.23. The molecule has 2 aromatic rings. The van der Waals surface area contributed by atoms with Crippen LogP contribution >= 0.6 is 11.6 Å². The minimum absolute atomic E-state index is 0.0893. The van der Waals surface area contributed by atoms with Gasteiger partial charge in [0.1, 0.15) is 0 Å². The molecule has 1 aliphatic rings. The molecule has 8 nitrogen and oxygen atoms in total. The van der Waals surface area contributed by atoms with Crippen molar-refractivity contribution < 1.29 is 9.59 Å². The van der Waals surface area contributed by atoms with Crippen molar-refractivity contribution in [2.45, 2.75) is 13.5 Å². The molecule has 1 aliphatic heterocycles. The molecule has 0 saturated carbocycles. The summed E-state index contributed by atoms with van der Waals surface area (Å²) < 4.78 is 0. The number of aromatic nitrogens is 1. The summed E-state index contributed by atoms with van der Waals surface area (Å²) in [6.07, 6.45) is 1.44. The zero-order valence-corrected chi connectivity index (χ0v) is 17.1. The number of nitrogens with one attached hydrogen (secondary N) is 1. The van der Waals surface area contributed by atoms with Crippen molar-refractivity contribution in [1.29, 1.82) is 0 Å². The van der Waals surface area contributed by atoms with Crippen LogP contribution in [0.25, 0.3) is 0 Å². The fourth-order valence-corrected chi connectivity index (χ4v) is 3.42. The number of hydrogen-bond donors (Lipinski definition) is 2. The first-order chi connectivity index (χ1) is 14.0. The maximum Gasteiger partial charge on any atom is 0.324 e. The standard InChI is InChI=1S/C20H25ClN6O2/c1-2-25-8-10-26(11-9-25)20(29)27(18-5-3-4-16(21)12-18)14-17-7-6-15(13-23-17)19(28)24-22/h3-7,12-13H,2,8-11,14,22H2,1H3,(H,24,28). The minimum Gasteiger partial charge on any atom is -0.322 e. The van der Waals surface area contributed by atoms with E-state index < -0.39 is 5.91 Å². The summed E-state index contributed by atoms with van der Waals surface area (Å²) in [6.45, 7) is 6.42. The van der Waals surface area contributed by atoms with Crippen molar-refractivity contribution in [1.82, 2.24) is 20.2 Å². The van der Waals surface area contributed by atoms with Crippen LogP contribution in [0.2, 0.25) is 5.02 Å². The number of nitrogens with zero attached hydrogens (tertiary/aromatic N) is 4. The Labute approximate surface area is 175 Å². The largest absolute Gasteiger partial charge is 0.324 e. The number of likely N-dealkylation sites (N-methyl/N-ethyl adjacent to an activating group) is 1. The van der Waals surface area contributed by atoms with E-state index in [0.29, 0.717) is 35.1 Å². The number of rotatable bonds is 5. The number of anilines is 1. The van der Waals surface area contributed by atoms with E-state index in [-0.39, 0.29) is 12.6 Å². The molecule has 1 aromatic carbocycles. The van der Waals surface area contributed by atoms with Crippen molar-refractivity contribution in [3.63, 3.8) is 0 Å². The maximum absolute atomic E-state index is 13.3. The Balaban J connectivity index is 1.82. The van der Waals surface area contributed by atoms with Gasteiger partial charge in [-0.1, -0.05) is 24.6 Å². The monoisotopic (exact) mass is 416 g/mol. The lowest BCUT2D eigenvalue weighted by molar-refractivity contribution is 0.0953. The van der Waals surface area contributed by atoms with E-state index in [9.17, 15) is 9.59 Å². The quantitative estimate of drug-likeness (QED) is 0.442. The van der Waals surface area contributed by atoms with Gasteiger partial charge in [0.25, 0.3) is 5.91 Å². The Morgan fingerprint density at radius 1 is 1.21 bits per heavy atom. The molecule has 0 unspecified atom stereocenters. The molecule has 0 aliphatic carbocycles. The summed E-state index contributed by atoms with van der Waals surface area (Å²) in [6, 6.07) is 10.4. The first-order valence-corrected chi connectivity index (χ1v) is 9.90. The fraction of sp³-hybridized carbons (Fsp3) is 0.350. The summed E-state index contributed by atoms with van der Waals surface area (Å²) >= 11 is 6.16. The highest BCUT2D eigenvalue weighted by Crippen LogP contribution is 2.23. The third-order valence-electron chi connectivity index (χ3n) is 4.98. The van der Waals surface area contributed by atoms with Crippen molar-refractivity contribution >= 4 is 29.2 Å². The molecule has 9 heteroatoms. The lowest BCUT2D eigenvalue weighted by atomic mass is 10.2. The van der Waals surface area contributed by atoms with Crippen molar-refractivity contribution in [2.24, 2.45) is 5.84 Å². The van der Waals surface area contributed by atoms with Gasteiger partial charge in [0.2, 0.25) is 0 Å². The first kappa shape index (κ1) is 21.0. The molecule has 1 saturated heterocycles. The predicted molar refractivity (Wildman–Crippen MR) is 113 cm³/mol. The second kappa shape index (κ2) is 9.69. The number of carbonyl (C=O) groups is 2. The van der Waals surface area contributed by atoms with Crippen molar-refractivity contribution in [2.75, 3.05) is 37.6 Å². The zero-order valence-electron chi connectivity index (χ0n) is 16.3. The molecule has 1 fully saturated rings. The average molecular weight is 417 g/mol. The van der Waals surface area contributed by atoms with Crippen LogP contribution in [0.4, 0.5) is 10.5 Å². The van der Waals surface area contributed by atoms with E-state index in [2.05, 4.69) is 22.2 Å². The van der Waals surface area contributed by atoms with Gasteiger partial charge in [0, 0.05) is 43.1 Å².